The maximum Gasteiger partial charge on any atom is 0.319 e. The molecule has 2 amide bonds. The van der Waals surface area contributed by atoms with Crippen LogP contribution in [0.4, 0.5) is 14.9 Å². The average molecular weight is 315 g/mol. The summed E-state index contributed by atoms with van der Waals surface area (Å²) in [6, 6.07) is 8.89. The quantitative estimate of drug-likeness (QED) is 0.910. The highest BCUT2D eigenvalue weighted by Gasteiger charge is 2.28. The lowest BCUT2D eigenvalue weighted by Gasteiger charge is -2.25. The third-order valence-electron chi connectivity index (χ3n) is 3.79. The van der Waals surface area contributed by atoms with Crippen LogP contribution in [-0.4, -0.2) is 23.7 Å². The summed E-state index contributed by atoms with van der Waals surface area (Å²) in [4.78, 5) is 16.2. The van der Waals surface area contributed by atoms with Gasteiger partial charge in [-0.3, -0.25) is 4.98 Å². The van der Waals surface area contributed by atoms with Crippen LogP contribution >= 0.6 is 0 Å². The predicted octanol–water partition coefficient (Wildman–Crippen LogP) is 3.26. The molecule has 0 spiro atoms. The van der Waals surface area contributed by atoms with Gasteiger partial charge >= 0.3 is 6.03 Å². The number of urea groups is 1. The number of anilines is 1. The summed E-state index contributed by atoms with van der Waals surface area (Å²) in [5.41, 5.74) is 1.48. The van der Waals surface area contributed by atoms with E-state index in [1.807, 2.05) is 0 Å². The fraction of sp³-hybridized carbons (Fsp3) is 0.294. The second-order valence-electron chi connectivity index (χ2n) is 5.42. The molecule has 0 bridgehead atoms. The summed E-state index contributed by atoms with van der Waals surface area (Å²) < 4.78 is 18.8. The zero-order chi connectivity index (χ0) is 16.1. The van der Waals surface area contributed by atoms with Gasteiger partial charge in [-0.1, -0.05) is 12.1 Å². The zero-order valence-corrected chi connectivity index (χ0v) is 12.5. The van der Waals surface area contributed by atoms with Crippen molar-refractivity contribution in [3.05, 3.63) is 60.2 Å². The number of nitrogens with zero attached hydrogens (tertiary/aromatic N) is 1. The van der Waals surface area contributed by atoms with E-state index in [1.165, 1.54) is 12.1 Å². The summed E-state index contributed by atoms with van der Waals surface area (Å²) in [7, 11) is 0. The van der Waals surface area contributed by atoms with Gasteiger partial charge in [0, 0.05) is 24.7 Å². The van der Waals surface area contributed by atoms with Crippen molar-refractivity contribution >= 4 is 11.7 Å². The molecule has 2 N–H and O–H groups in total. The molecule has 2 aromatic rings. The smallest absolute Gasteiger partial charge is 0.319 e. The van der Waals surface area contributed by atoms with Crippen LogP contribution in [0, 0.1) is 5.82 Å². The molecule has 0 aliphatic carbocycles. The Morgan fingerprint density at radius 3 is 2.61 bits per heavy atom. The van der Waals surface area contributed by atoms with Gasteiger partial charge in [-0.15, -0.1) is 0 Å². The van der Waals surface area contributed by atoms with Crippen LogP contribution in [0.25, 0.3) is 0 Å². The number of hydrogen-bond donors (Lipinski definition) is 2. The van der Waals surface area contributed by atoms with Gasteiger partial charge in [0.25, 0.3) is 0 Å². The number of halogens is 1. The molecule has 3 rings (SSSR count). The van der Waals surface area contributed by atoms with Crippen molar-refractivity contribution in [2.45, 2.75) is 25.0 Å². The van der Waals surface area contributed by atoms with Gasteiger partial charge in [0.2, 0.25) is 0 Å². The fourth-order valence-corrected chi connectivity index (χ4v) is 2.67. The van der Waals surface area contributed by atoms with Gasteiger partial charge in [-0.2, -0.15) is 0 Å². The van der Waals surface area contributed by atoms with Crippen molar-refractivity contribution in [2.75, 3.05) is 11.9 Å². The maximum absolute atomic E-state index is 13.1. The summed E-state index contributed by atoms with van der Waals surface area (Å²) >= 11 is 0. The predicted molar refractivity (Wildman–Crippen MR) is 84.5 cm³/mol. The largest absolute Gasteiger partial charge is 0.376 e. The van der Waals surface area contributed by atoms with Crippen molar-refractivity contribution in [2.24, 2.45) is 0 Å². The minimum absolute atomic E-state index is 0.108. The lowest BCUT2D eigenvalue weighted by Crippen LogP contribution is -2.38. The molecule has 0 radical (unpaired) electrons. The van der Waals surface area contributed by atoms with E-state index in [-0.39, 0.29) is 24.0 Å². The highest BCUT2D eigenvalue weighted by molar-refractivity contribution is 5.89. The van der Waals surface area contributed by atoms with Crippen LogP contribution in [-0.2, 0) is 4.74 Å². The van der Waals surface area contributed by atoms with Crippen molar-refractivity contribution in [1.82, 2.24) is 10.3 Å². The Kier molecular flexibility index (Phi) is 4.83. The first-order valence-electron chi connectivity index (χ1n) is 7.57. The van der Waals surface area contributed by atoms with Gasteiger partial charge < -0.3 is 15.4 Å². The van der Waals surface area contributed by atoms with Crippen LogP contribution in [0.1, 0.15) is 24.4 Å². The Balaban J connectivity index is 1.73. The van der Waals surface area contributed by atoms with Crippen LogP contribution in [0.5, 0.6) is 0 Å². The number of aromatic nitrogens is 1. The van der Waals surface area contributed by atoms with Crippen molar-refractivity contribution in [3.63, 3.8) is 0 Å². The molecular formula is C17H18FN3O2. The topological polar surface area (TPSA) is 63.2 Å². The number of pyridine rings is 1. The average Bonchev–Trinajstić information content (AvgIpc) is 3.09. The normalized spacial score (nSPS) is 18.4. The zero-order valence-electron chi connectivity index (χ0n) is 12.5. The molecule has 1 aliphatic heterocycles. The molecule has 5 nitrogen and oxygen atoms in total. The van der Waals surface area contributed by atoms with Gasteiger partial charge in [0.15, 0.2) is 0 Å². The Morgan fingerprint density at radius 1 is 1.22 bits per heavy atom. The van der Waals surface area contributed by atoms with E-state index in [4.69, 9.17) is 4.74 Å². The second-order valence-corrected chi connectivity index (χ2v) is 5.42. The number of carbonyl (C=O) groups excluding carboxylic acids is 1. The minimum atomic E-state index is -0.332. The Bertz CT molecular complexity index is 643. The molecule has 1 aromatic heterocycles. The van der Waals surface area contributed by atoms with E-state index in [1.54, 1.807) is 36.7 Å². The molecule has 2 atom stereocenters. The standard InChI is InChI=1S/C17H18FN3O2/c18-13-5-3-12(4-6-13)16(15-2-1-11-23-15)21-17(22)20-14-7-9-19-10-8-14/h3-10,15-16H,1-2,11H2,(H2,19,20,21,22)/t15-,16+/m0/s1. The third kappa shape index (κ3) is 4.04. The molecule has 0 saturated carbocycles. The van der Waals surface area contributed by atoms with Crippen LogP contribution in [0.2, 0.25) is 0 Å². The Morgan fingerprint density at radius 2 is 1.96 bits per heavy atom. The highest BCUT2D eigenvalue weighted by atomic mass is 19.1. The summed E-state index contributed by atoms with van der Waals surface area (Å²) in [5.74, 6) is -0.305. The molecule has 1 saturated heterocycles. The summed E-state index contributed by atoms with van der Waals surface area (Å²) in [6.07, 6.45) is 4.91. The van der Waals surface area contributed by atoms with Crippen LogP contribution < -0.4 is 10.6 Å². The van der Waals surface area contributed by atoms with Crippen LogP contribution in [0.3, 0.4) is 0 Å². The molecule has 120 valence electrons. The van der Waals surface area contributed by atoms with E-state index in [0.717, 1.165) is 18.4 Å². The van der Waals surface area contributed by atoms with E-state index in [2.05, 4.69) is 15.6 Å². The maximum atomic E-state index is 13.1. The molecular weight excluding hydrogens is 297 g/mol. The summed E-state index contributed by atoms with van der Waals surface area (Å²) in [6.45, 7) is 0.677. The number of ether oxygens (including phenoxy) is 1. The first-order chi connectivity index (χ1) is 11.2. The lowest BCUT2D eigenvalue weighted by atomic mass is 9.99. The molecule has 6 heteroatoms. The van der Waals surface area contributed by atoms with Gasteiger partial charge in [-0.05, 0) is 42.7 Å². The van der Waals surface area contributed by atoms with E-state index in [9.17, 15) is 9.18 Å². The Labute approximate surface area is 133 Å². The second kappa shape index (κ2) is 7.19. The SMILES string of the molecule is O=C(Nc1ccncc1)N[C@H](c1ccc(F)cc1)[C@@H]1CCCO1. The highest BCUT2D eigenvalue weighted by Crippen LogP contribution is 2.27. The van der Waals surface area contributed by atoms with Gasteiger partial charge in [-0.25, -0.2) is 9.18 Å². The third-order valence-corrected chi connectivity index (χ3v) is 3.79. The minimum Gasteiger partial charge on any atom is -0.376 e. The van der Waals surface area contributed by atoms with E-state index >= 15 is 0 Å². The number of nitrogens with one attached hydrogen (secondary N) is 2. The molecule has 23 heavy (non-hydrogen) atoms. The number of hydrogen-bond acceptors (Lipinski definition) is 3. The summed E-state index contributed by atoms with van der Waals surface area (Å²) in [5, 5.41) is 5.68. The Hall–Kier alpha value is -2.47. The van der Waals surface area contributed by atoms with E-state index in [0.29, 0.717) is 12.3 Å². The first-order valence-corrected chi connectivity index (χ1v) is 7.57. The molecule has 1 fully saturated rings. The van der Waals surface area contributed by atoms with Crippen molar-refractivity contribution in [1.29, 1.82) is 0 Å². The molecule has 0 unspecified atom stereocenters. The van der Waals surface area contributed by atoms with Crippen LogP contribution in [0.15, 0.2) is 48.8 Å². The number of carbonyl (C=O) groups is 1. The van der Waals surface area contributed by atoms with Crippen molar-refractivity contribution < 1.29 is 13.9 Å². The number of benzene rings is 1. The number of rotatable bonds is 4. The molecule has 2 heterocycles. The fourth-order valence-electron chi connectivity index (χ4n) is 2.67. The van der Waals surface area contributed by atoms with E-state index < -0.39 is 0 Å². The molecule has 1 aromatic carbocycles. The first kappa shape index (κ1) is 15.4. The van der Waals surface area contributed by atoms with Gasteiger partial charge in [0.05, 0.1) is 12.1 Å². The van der Waals surface area contributed by atoms with Crippen molar-refractivity contribution in [3.8, 4) is 0 Å². The number of amides is 2. The molecule has 1 aliphatic rings. The monoisotopic (exact) mass is 315 g/mol. The lowest BCUT2D eigenvalue weighted by molar-refractivity contribution is 0.0815. The van der Waals surface area contributed by atoms with Gasteiger partial charge in [0.1, 0.15) is 5.82 Å².